The highest BCUT2D eigenvalue weighted by molar-refractivity contribution is 6.42. The van der Waals surface area contributed by atoms with E-state index in [0.717, 1.165) is 50.2 Å². The Kier molecular flexibility index (Phi) is 11.9. The Hall–Kier alpha value is -4.04. The summed E-state index contributed by atoms with van der Waals surface area (Å²) in [6.45, 7) is 2.08. The number of carbonyl (C=O) groups excluding carboxylic acids is 2. The van der Waals surface area contributed by atoms with Crippen molar-refractivity contribution in [2.75, 3.05) is 33.9 Å². The standard InChI is InChI=1S/C20H18O10.C12H15Cl2NO/c1-29-13-7-3-11(4-8-13)15(21)19(27,17(23)24)20(28,18(25)26)16(22)12-5-9-14(30-2)10-6-12;13-10-2-1-9(7-11(10)14)12(4-6-16)3-5-15-8-12/h3-10,27-28H,1-2H3,(H,23,24)(H,25,26);1-2,7,15-16H,3-6,8H2/t19-,20-;12-/m11/s1. The van der Waals surface area contributed by atoms with Crippen LogP contribution in [0.1, 0.15) is 39.1 Å². The molecule has 0 amide bonds. The van der Waals surface area contributed by atoms with Crippen LogP contribution in [0, 0.1) is 0 Å². The van der Waals surface area contributed by atoms with Gasteiger partial charge in [0.25, 0.3) is 11.2 Å². The third kappa shape index (κ3) is 7.02. The summed E-state index contributed by atoms with van der Waals surface area (Å²) in [5.41, 5.74) is -7.83. The first-order valence-corrected chi connectivity index (χ1v) is 14.5. The van der Waals surface area contributed by atoms with Crippen molar-refractivity contribution in [3.63, 3.8) is 0 Å². The van der Waals surface area contributed by atoms with Crippen molar-refractivity contribution in [2.45, 2.75) is 29.5 Å². The van der Waals surface area contributed by atoms with Crippen molar-refractivity contribution in [1.82, 2.24) is 5.32 Å². The van der Waals surface area contributed by atoms with Crippen LogP contribution in [-0.2, 0) is 15.0 Å². The number of carboxylic acids is 2. The highest BCUT2D eigenvalue weighted by atomic mass is 35.5. The van der Waals surface area contributed by atoms with Gasteiger partial charge in [-0.3, -0.25) is 9.59 Å². The fourth-order valence-corrected chi connectivity index (χ4v) is 5.42. The number of aliphatic carboxylic acids is 2. The van der Waals surface area contributed by atoms with Crippen LogP contribution in [0.25, 0.3) is 0 Å². The second-order valence-electron chi connectivity index (χ2n) is 10.5. The molecule has 3 aromatic carbocycles. The van der Waals surface area contributed by atoms with Gasteiger partial charge in [-0.1, -0.05) is 29.3 Å². The van der Waals surface area contributed by atoms with E-state index in [1.165, 1.54) is 44.0 Å². The van der Waals surface area contributed by atoms with E-state index in [-0.39, 0.29) is 23.5 Å². The fourth-order valence-electron chi connectivity index (χ4n) is 5.12. The quantitative estimate of drug-likeness (QED) is 0.121. The number of hydrogen-bond donors (Lipinski definition) is 6. The summed E-state index contributed by atoms with van der Waals surface area (Å²) in [7, 11) is 2.67. The molecule has 1 fully saturated rings. The zero-order valence-corrected chi connectivity index (χ0v) is 26.3. The van der Waals surface area contributed by atoms with Crippen LogP contribution in [-0.4, -0.2) is 94.2 Å². The Morgan fingerprint density at radius 1 is 0.783 bits per heavy atom. The molecule has 1 aliphatic rings. The van der Waals surface area contributed by atoms with Gasteiger partial charge in [-0.15, -0.1) is 0 Å². The lowest BCUT2D eigenvalue weighted by atomic mass is 9.73. The first-order valence-electron chi connectivity index (χ1n) is 13.8. The van der Waals surface area contributed by atoms with Crippen LogP contribution in [0.3, 0.4) is 0 Å². The number of nitrogens with one attached hydrogen (secondary N) is 1. The molecule has 1 saturated heterocycles. The molecular formula is C32H33Cl2NO11. The molecule has 46 heavy (non-hydrogen) atoms. The van der Waals surface area contributed by atoms with E-state index >= 15 is 0 Å². The lowest BCUT2D eigenvalue weighted by molar-refractivity contribution is -0.187. The lowest BCUT2D eigenvalue weighted by Crippen LogP contribution is -2.71. The van der Waals surface area contributed by atoms with Gasteiger partial charge in [0, 0.05) is 29.7 Å². The smallest absolute Gasteiger partial charge is 0.348 e. The van der Waals surface area contributed by atoms with Gasteiger partial charge in [0.2, 0.25) is 11.6 Å². The molecule has 0 aliphatic carbocycles. The number of aliphatic hydroxyl groups excluding tert-OH is 1. The van der Waals surface area contributed by atoms with E-state index in [2.05, 4.69) is 5.32 Å². The van der Waals surface area contributed by atoms with Gasteiger partial charge in [0.05, 0.1) is 24.3 Å². The summed E-state index contributed by atoms with van der Waals surface area (Å²) in [6, 6.07) is 15.0. The first kappa shape index (κ1) is 36.4. The maximum absolute atomic E-state index is 12.8. The summed E-state index contributed by atoms with van der Waals surface area (Å²) in [4.78, 5) is 49.4. The van der Waals surface area contributed by atoms with Crippen LogP contribution in [0.5, 0.6) is 11.5 Å². The minimum atomic E-state index is -4.04. The summed E-state index contributed by atoms with van der Waals surface area (Å²) in [5, 5.41) is 54.2. The molecular weight excluding hydrogens is 645 g/mol. The van der Waals surface area contributed by atoms with Crippen LogP contribution in [0.15, 0.2) is 66.7 Å². The molecule has 3 atom stereocenters. The summed E-state index contributed by atoms with van der Waals surface area (Å²) in [5.74, 6) is -7.68. The van der Waals surface area contributed by atoms with Gasteiger partial charge < -0.3 is 40.3 Å². The minimum Gasteiger partial charge on any atom is -0.497 e. The molecule has 246 valence electrons. The fraction of sp³-hybridized carbons (Fsp3) is 0.312. The van der Waals surface area contributed by atoms with Crippen molar-refractivity contribution >= 4 is 46.7 Å². The van der Waals surface area contributed by atoms with Crippen LogP contribution >= 0.6 is 23.2 Å². The molecule has 0 unspecified atom stereocenters. The third-order valence-corrected chi connectivity index (χ3v) is 8.61. The van der Waals surface area contributed by atoms with E-state index in [9.17, 15) is 44.7 Å². The zero-order valence-electron chi connectivity index (χ0n) is 24.8. The van der Waals surface area contributed by atoms with Crippen molar-refractivity contribution in [3.8, 4) is 11.5 Å². The topological polar surface area (TPSA) is 200 Å². The summed E-state index contributed by atoms with van der Waals surface area (Å²) >= 11 is 12.0. The molecule has 0 saturated carbocycles. The van der Waals surface area contributed by atoms with Crippen LogP contribution in [0.2, 0.25) is 10.0 Å². The normalized spacial score (nSPS) is 18.2. The van der Waals surface area contributed by atoms with Crippen molar-refractivity contribution in [3.05, 3.63) is 93.5 Å². The van der Waals surface area contributed by atoms with Gasteiger partial charge in [-0.2, -0.15) is 0 Å². The molecule has 1 heterocycles. The molecule has 0 bridgehead atoms. The number of ether oxygens (including phenoxy) is 2. The molecule has 0 radical (unpaired) electrons. The number of Topliss-reactive ketones (excluding diaryl/α,β-unsaturated/α-hetero) is 2. The van der Waals surface area contributed by atoms with E-state index in [1.54, 1.807) is 0 Å². The zero-order chi connectivity index (χ0) is 34.3. The number of carboxylic acid groups (broad SMARTS) is 2. The van der Waals surface area contributed by atoms with E-state index in [4.69, 9.17) is 32.7 Å². The molecule has 14 heteroatoms. The Labute approximate surface area is 274 Å². The monoisotopic (exact) mass is 677 g/mol. The van der Waals surface area contributed by atoms with Gasteiger partial charge in [0.15, 0.2) is 0 Å². The maximum Gasteiger partial charge on any atom is 0.348 e. The molecule has 12 nitrogen and oxygen atoms in total. The second-order valence-corrected chi connectivity index (χ2v) is 11.3. The SMILES string of the molecule is COc1ccc(C(=O)[C@@](O)(C(=O)O)[C@](O)(C(=O)O)C(=O)c2ccc(OC)cc2)cc1.OCC[C@]1(c2ccc(Cl)c(Cl)c2)CCNC1. The Morgan fingerprint density at radius 2 is 1.24 bits per heavy atom. The number of aliphatic hydroxyl groups is 3. The van der Waals surface area contributed by atoms with Crippen molar-refractivity contribution < 1.29 is 54.2 Å². The predicted molar refractivity (Wildman–Crippen MR) is 167 cm³/mol. The number of ketones is 2. The van der Waals surface area contributed by atoms with Gasteiger partial charge >= 0.3 is 11.9 Å². The van der Waals surface area contributed by atoms with Crippen LogP contribution < -0.4 is 14.8 Å². The average Bonchev–Trinajstić information content (AvgIpc) is 3.54. The van der Waals surface area contributed by atoms with E-state index in [0.29, 0.717) is 10.0 Å². The number of hydrogen-bond acceptors (Lipinski definition) is 10. The maximum atomic E-state index is 12.8. The summed E-state index contributed by atoms with van der Waals surface area (Å²) < 4.78 is 9.81. The van der Waals surface area contributed by atoms with Crippen molar-refractivity contribution in [2.24, 2.45) is 0 Å². The number of halogens is 2. The first-order chi connectivity index (χ1) is 21.7. The Morgan fingerprint density at radius 3 is 1.57 bits per heavy atom. The number of rotatable bonds is 12. The molecule has 1 aliphatic heterocycles. The molecule has 0 aromatic heterocycles. The van der Waals surface area contributed by atoms with E-state index < -0.39 is 45.8 Å². The Balaban J connectivity index is 0.000000300. The van der Waals surface area contributed by atoms with Crippen molar-refractivity contribution in [1.29, 1.82) is 0 Å². The van der Waals surface area contributed by atoms with Gasteiger partial charge in [-0.25, -0.2) is 9.59 Å². The molecule has 3 aromatic rings. The Bertz CT molecular complexity index is 1490. The molecule has 4 rings (SSSR count). The highest BCUT2D eigenvalue weighted by Crippen LogP contribution is 2.37. The number of carbonyl (C=O) groups is 4. The largest absolute Gasteiger partial charge is 0.497 e. The lowest BCUT2D eigenvalue weighted by Gasteiger charge is -2.34. The number of benzene rings is 3. The minimum absolute atomic E-state index is 0.0168. The predicted octanol–water partition coefficient (Wildman–Crippen LogP) is 3.01. The second kappa shape index (κ2) is 15.0. The average molecular weight is 679 g/mol. The van der Waals surface area contributed by atoms with Gasteiger partial charge in [0.1, 0.15) is 11.5 Å². The molecule has 0 spiro atoms. The highest BCUT2D eigenvalue weighted by Gasteiger charge is 2.69. The third-order valence-electron chi connectivity index (χ3n) is 7.87. The van der Waals surface area contributed by atoms with E-state index in [1.807, 2.05) is 18.2 Å². The summed E-state index contributed by atoms with van der Waals surface area (Å²) in [6.07, 6.45) is 1.80. The number of methoxy groups -OCH3 is 2. The van der Waals surface area contributed by atoms with Gasteiger partial charge in [-0.05, 0) is 85.6 Å². The van der Waals surface area contributed by atoms with Crippen LogP contribution in [0.4, 0.5) is 0 Å². The molecule has 6 N–H and O–H groups in total.